The van der Waals surface area contributed by atoms with E-state index in [0.717, 1.165) is 23.5 Å². The van der Waals surface area contributed by atoms with Gasteiger partial charge in [-0.15, -0.1) is 0 Å². The number of nitrogens with zero attached hydrogens (tertiary/aromatic N) is 3. The van der Waals surface area contributed by atoms with E-state index in [4.69, 9.17) is 4.74 Å². The summed E-state index contributed by atoms with van der Waals surface area (Å²) in [7, 11) is 1.69. The van der Waals surface area contributed by atoms with Crippen LogP contribution < -0.4 is 5.32 Å². The van der Waals surface area contributed by atoms with Crippen LogP contribution in [0.15, 0.2) is 30.6 Å². The number of ether oxygens (including phenoxy) is 1. The molecule has 5 nitrogen and oxygen atoms in total. The van der Waals surface area contributed by atoms with Crippen LogP contribution >= 0.6 is 0 Å². The van der Waals surface area contributed by atoms with Crippen molar-refractivity contribution in [2.75, 3.05) is 20.3 Å². The SMILES string of the molecule is COCCNCc1ccnc(-c2ncccc2C)n1. The molecule has 0 saturated carbocycles. The van der Waals surface area contributed by atoms with Crippen molar-refractivity contribution in [1.29, 1.82) is 0 Å². The van der Waals surface area contributed by atoms with Gasteiger partial charge in [-0.05, 0) is 24.6 Å². The smallest absolute Gasteiger partial charge is 0.178 e. The Labute approximate surface area is 113 Å². The molecule has 0 fully saturated rings. The number of methoxy groups -OCH3 is 1. The molecule has 0 unspecified atom stereocenters. The van der Waals surface area contributed by atoms with Gasteiger partial charge in [0.2, 0.25) is 0 Å². The Morgan fingerprint density at radius 2 is 2.11 bits per heavy atom. The average molecular weight is 258 g/mol. The van der Waals surface area contributed by atoms with Crippen LogP contribution in [0.5, 0.6) is 0 Å². The highest BCUT2D eigenvalue weighted by molar-refractivity contribution is 5.53. The Balaban J connectivity index is 2.09. The average Bonchev–Trinajstić information content (AvgIpc) is 2.44. The number of aromatic nitrogens is 3. The second kappa shape index (κ2) is 6.92. The van der Waals surface area contributed by atoms with Crippen molar-refractivity contribution >= 4 is 0 Å². The number of pyridine rings is 1. The molecule has 2 aromatic rings. The molecule has 0 radical (unpaired) electrons. The van der Waals surface area contributed by atoms with E-state index in [1.165, 1.54) is 0 Å². The Kier molecular flexibility index (Phi) is 4.94. The molecule has 0 atom stereocenters. The van der Waals surface area contributed by atoms with E-state index in [1.807, 2.05) is 25.1 Å². The minimum absolute atomic E-state index is 0.671. The van der Waals surface area contributed by atoms with Crippen LogP contribution in [0.1, 0.15) is 11.3 Å². The molecule has 0 spiro atoms. The van der Waals surface area contributed by atoms with E-state index in [2.05, 4.69) is 20.3 Å². The molecule has 0 saturated heterocycles. The third-order valence-corrected chi connectivity index (χ3v) is 2.72. The number of hydrogen-bond donors (Lipinski definition) is 1. The van der Waals surface area contributed by atoms with E-state index in [0.29, 0.717) is 19.0 Å². The van der Waals surface area contributed by atoms with Gasteiger partial charge in [-0.1, -0.05) is 6.07 Å². The maximum Gasteiger partial charge on any atom is 0.178 e. The van der Waals surface area contributed by atoms with Crippen LogP contribution in [-0.2, 0) is 11.3 Å². The molecule has 0 bridgehead atoms. The van der Waals surface area contributed by atoms with Gasteiger partial charge in [-0.3, -0.25) is 4.98 Å². The molecule has 2 rings (SSSR count). The third kappa shape index (κ3) is 3.81. The van der Waals surface area contributed by atoms with Crippen molar-refractivity contribution in [3.63, 3.8) is 0 Å². The van der Waals surface area contributed by atoms with Gasteiger partial charge in [-0.2, -0.15) is 0 Å². The van der Waals surface area contributed by atoms with Crippen LogP contribution in [0.3, 0.4) is 0 Å². The molecule has 0 aromatic carbocycles. The van der Waals surface area contributed by atoms with Crippen LogP contribution in [0.4, 0.5) is 0 Å². The van der Waals surface area contributed by atoms with E-state index >= 15 is 0 Å². The first-order chi connectivity index (χ1) is 9.31. The van der Waals surface area contributed by atoms with Gasteiger partial charge in [0.15, 0.2) is 5.82 Å². The predicted octanol–water partition coefficient (Wildman–Crippen LogP) is 1.58. The monoisotopic (exact) mass is 258 g/mol. The summed E-state index contributed by atoms with van der Waals surface area (Å²) in [6.07, 6.45) is 3.53. The van der Waals surface area contributed by atoms with Crippen molar-refractivity contribution in [3.05, 3.63) is 41.9 Å². The summed E-state index contributed by atoms with van der Waals surface area (Å²) in [6, 6.07) is 5.83. The first kappa shape index (κ1) is 13.6. The lowest BCUT2D eigenvalue weighted by Crippen LogP contribution is -2.19. The second-order valence-electron chi connectivity index (χ2n) is 4.21. The fourth-order valence-corrected chi connectivity index (χ4v) is 1.72. The molecule has 0 aliphatic heterocycles. The summed E-state index contributed by atoms with van der Waals surface area (Å²) in [4.78, 5) is 13.1. The minimum atomic E-state index is 0.671. The van der Waals surface area contributed by atoms with Gasteiger partial charge >= 0.3 is 0 Å². The van der Waals surface area contributed by atoms with Crippen molar-refractivity contribution in [2.24, 2.45) is 0 Å². The number of hydrogen-bond acceptors (Lipinski definition) is 5. The highest BCUT2D eigenvalue weighted by Crippen LogP contribution is 2.15. The molecule has 5 heteroatoms. The maximum atomic E-state index is 4.98. The van der Waals surface area contributed by atoms with Gasteiger partial charge < -0.3 is 10.1 Å². The lowest BCUT2D eigenvalue weighted by molar-refractivity contribution is 0.199. The molecular weight excluding hydrogens is 240 g/mol. The molecular formula is C14H18N4O. The lowest BCUT2D eigenvalue weighted by atomic mass is 10.2. The van der Waals surface area contributed by atoms with Gasteiger partial charge in [0.05, 0.1) is 12.3 Å². The van der Waals surface area contributed by atoms with Crippen molar-refractivity contribution in [2.45, 2.75) is 13.5 Å². The Morgan fingerprint density at radius 3 is 2.89 bits per heavy atom. The van der Waals surface area contributed by atoms with Gasteiger partial charge in [0.25, 0.3) is 0 Å². The fraction of sp³-hybridized carbons (Fsp3) is 0.357. The molecule has 0 aliphatic carbocycles. The fourth-order valence-electron chi connectivity index (χ4n) is 1.72. The first-order valence-corrected chi connectivity index (χ1v) is 6.25. The molecule has 2 heterocycles. The number of rotatable bonds is 6. The minimum Gasteiger partial charge on any atom is -0.383 e. The van der Waals surface area contributed by atoms with Crippen molar-refractivity contribution in [3.8, 4) is 11.5 Å². The number of nitrogens with one attached hydrogen (secondary N) is 1. The standard InChI is InChI=1S/C14H18N4O/c1-11-4-3-6-16-13(11)14-17-7-5-12(18-14)10-15-8-9-19-2/h3-7,15H,8-10H2,1-2H3. The highest BCUT2D eigenvalue weighted by Gasteiger charge is 2.06. The summed E-state index contributed by atoms with van der Waals surface area (Å²) < 4.78 is 4.98. The highest BCUT2D eigenvalue weighted by atomic mass is 16.5. The molecule has 2 aromatic heterocycles. The normalized spacial score (nSPS) is 10.6. The predicted molar refractivity (Wildman–Crippen MR) is 73.6 cm³/mol. The van der Waals surface area contributed by atoms with E-state index < -0.39 is 0 Å². The topological polar surface area (TPSA) is 59.9 Å². The van der Waals surface area contributed by atoms with E-state index in [1.54, 1.807) is 19.5 Å². The third-order valence-electron chi connectivity index (χ3n) is 2.72. The van der Waals surface area contributed by atoms with Crippen LogP contribution in [0, 0.1) is 6.92 Å². The van der Waals surface area contributed by atoms with E-state index in [-0.39, 0.29) is 0 Å². The van der Waals surface area contributed by atoms with Gasteiger partial charge in [0.1, 0.15) is 5.69 Å². The quantitative estimate of drug-likeness (QED) is 0.797. The van der Waals surface area contributed by atoms with E-state index in [9.17, 15) is 0 Å². The van der Waals surface area contributed by atoms with Crippen LogP contribution in [0.25, 0.3) is 11.5 Å². The zero-order valence-corrected chi connectivity index (χ0v) is 11.3. The van der Waals surface area contributed by atoms with Gasteiger partial charge in [0, 0.05) is 32.6 Å². The Hall–Kier alpha value is -1.85. The van der Waals surface area contributed by atoms with Crippen molar-refractivity contribution in [1.82, 2.24) is 20.3 Å². The van der Waals surface area contributed by atoms with Crippen LogP contribution in [0.2, 0.25) is 0 Å². The summed E-state index contributed by atoms with van der Waals surface area (Å²) in [5.41, 5.74) is 2.86. The zero-order chi connectivity index (χ0) is 13.5. The summed E-state index contributed by atoms with van der Waals surface area (Å²) in [5.74, 6) is 0.671. The molecule has 0 aliphatic rings. The lowest BCUT2D eigenvalue weighted by Gasteiger charge is -2.06. The summed E-state index contributed by atoms with van der Waals surface area (Å²) >= 11 is 0. The largest absolute Gasteiger partial charge is 0.383 e. The summed E-state index contributed by atoms with van der Waals surface area (Å²) in [5, 5.41) is 3.26. The Morgan fingerprint density at radius 1 is 1.21 bits per heavy atom. The molecule has 0 amide bonds. The first-order valence-electron chi connectivity index (χ1n) is 6.25. The van der Waals surface area contributed by atoms with Crippen molar-refractivity contribution < 1.29 is 4.74 Å². The maximum absolute atomic E-state index is 4.98. The second-order valence-corrected chi connectivity index (χ2v) is 4.21. The number of aryl methyl sites for hydroxylation is 1. The van der Waals surface area contributed by atoms with Gasteiger partial charge in [-0.25, -0.2) is 9.97 Å². The molecule has 1 N–H and O–H groups in total. The summed E-state index contributed by atoms with van der Waals surface area (Å²) in [6.45, 7) is 4.20. The Bertz CT molecular complexity index is 530. The van der Waals surface area contributed by atoms with Crippen LogP contribution in [-0.4, -0.2) is 35.2 Å². The molecule has 19 heavy (non-hydrogen) atoms. The zero-order valence-electron chi connectivity index (χ0n) is 11.3. The molecule has 100 valence electrons.